The van der Waals surface area contributed by atoms with E-state index in [-0.39, 0.29) is 0 Å². The second-order valence-electron chi connectivity index (χ2n) is 5.49. The summed E-state index contributed by atoms with van der Waals surface area (Å²) in [7, 11) is 0. The van der Waals surface area contributed by atoms with Crippen LogP contribution in [0.4, 0.5) is 0 Å². The van der Waals surface area contributed by atoms with Gasteiger partial charge in [0.05, 0.1) is 36.0 Å². The molecular weight excluding hydrogens is 300 g/mol. The minimum absolute atomic E-state index is 0.614. The molecule has 4 aromatic rings. The number of benzene rings is 1. The maximum Gasteiger partial charge on any atom is 0.159 e. The minimum Gasteiger partial charge on any atom is -0.324 e. The molecule has 3 heterocycles. The molecule has 0 N–H and O–H groups in total. The third-order valence-corrected chi connectivity index (χ3v) is 3.75. The van der Waals surface area contributed by atoms with Crippen LogP contribution in [0, 0.1) is 6.92 Å². The van der Waals surface area contributed by atoms with Crippen LogP contribution in [-0.2, 0) is 6.54 Å². The zero-order valence-electron chi connectivity index (χ0n) is 13.2. The van der Waals surface area contributed by atoms with Crippen molar-refractivity contribution in [3.63, 3.8) is 0 Å². The second-order valence-corrected chi connectivity index (χ2v) is 5.49. The molecule has 24 heavy (non-hydrogen) atoms. The maximum absolute atomic E-state index is 4.51. The summed E-state index contributed by atoms with van der Waals surface area (Å²) < 4.78 is 3.94. The number of aromatic nitrogens is 6. The highest BCUT2D eigenvalue weighted by Crippen LogP contribution is 2.21. The van der Waals surface area contributed by atoms with Crippen molar-refractivity contribution in [2.45, 2.75) is 13.5 Å². The molecule has 0 saturated carbocycles. The van der Waals surface area contributed by atoms with E-state index in [2.05, 4.69) is 24.6 Å². The molecule has 0 radical (unpaired) electrons. The lowest BCUT2D eigenvalue weighted by Gasteiger charge is -2.10. The summed E-state index contributed by atoms with van der Waals surface area (Å²) in [5, 5.41) is 4.44. The summed E-state index contributed by atoms with van der Waals surface area (Å²) in [6.07, 6.45) is 9.10. The number of aryl methyl sites for hydroxylation is 1. The third-order valence-electron chi connectivity index (χ3n) is 3.75. The van der Waals surface area contributed by atoms with E-state index >= 15 is 0 Å². The van der Waals surface area contributed by atoms with Gasteiger partial charge in [0.15, 0.2) is 5.82 Å². The van der Waals surface area contributed by atoms with Gasteiger partial charge in [0, 0.05) is 18.6 Å². The van der Waals surface area contributed by atoms with Gasteiger partial charge < -0.3 is 4.57 Å². The molecule has 118 valence electrons. The Bertz CT molecular complexity index is 937. The molecule has 0 atom stereocenters. The first-order chi connectivity index (χ1) is 11.8. The number of para-hydroxylation sites is 1. The molecule has 0 bridgehead atoms. The molecule has 3 aromatic heterocycles. The second kappa shape index (κ2) is 6.08. The molecule has 0 aliphatic heterocycles. The van der Waals surface area contributed by atoms with E-state index < -0.39 is 0 Å². The molecular formula is C18H16N6. The molecule has 0 spiro atoms. The van der Waals surface area contributed by atoms with E-state index in [1.54, 1.807) is 24.8 Å². The van der Waals surface area contributed by atoms with E-state index in [1.807, 2.05) is 54.2 Å². The molecule has 1 aromatic carbocycles. The molecule has 0 aliphatic carbocycles. The summed E-state index contributed by atoms with van der Waals surface area (Å²) in [5.74, 6) is 0.846. The molecule has 0 fully saturated rings. The third kappa shape index (κ3) is 2.69. The monoisotopic (exact) mass is 316 g/mol. The van der Waals surface area contributed by atoms with Crippen molar-refractivity contribution in [1.82, 2.24) is 29.3 Å². The predicted molar refractivity (Wildman–Crippen MR) is 90.7 cm³/mol. The zero-order chi connectivity index (χ0) is 16.4. The lowest BCUT2D eigenvalue weighted by Crippen LogP contribution is -2.07. The molecule has 0 amide bonds. The number of hydrogen-bond donors (Lipinski definition) is 0. The normalized spacial score (nSPS) is 10.9. The molecule has 6 heteroatoms. The van der Waals surface area contributed by atoms with E-state index in [4.69, 9.17) is 0 Å². The van der Waals surface area contributed by atoms with Gasteiger partial charge in [0.25, 0.3) is 0 Å². The Morgan fingerprint density at radius 3 is 2.58 bits per heavy atom. The lowest BCUT2D eigenvalue weighted by molar-refractivity contribution is 0.762. The van der Waals surface area contributed by atoms with E-state index in [9.17, 15) is 0 Å². The van der Waals surface area contributed by atoms with Gasteiger partial charge in [-0.3, -0.25) is 9.97 Å². The van der Waals surface area contributed by atoms with Gasteiger partial charge in [-0.1, -0.05) is 18.2 Å². The average molecular weight is 316 g/mol. The van der Waals surface area contributed by atoms with Crippen LogP contribution in [0.15, 0.2) is 67.4 Å². The van der Waals surface area contributed by atoms with Crippen LogP contribution in [0.1, 0.15) is 11.4 Å². The summed E-state index contributed by atoms with van der Waals surface area (Å²) in [4.78, 5) is 13.2. The van der Waals surface area contributed by atoms with Gasteiger partial charge in [0.1, 0.15) is 5.69 Å². The standard InChI is InChI=1S/C18H16N6/c1-14-11-21-15(12-20-14)13-23-10-9-19-18(23)17-7-8-22-24(17)16-5-3-2-4-6-16/h2-12H,13H2,1H3. The number of imidazole rings is 1. The largest absolute Gasteiger partial charge is 0.324 e. The van der Waals surface area contributed by atoms with Gasteiger partial charge >= 0.3 is 0 Å². The van der Waals surface area contributed by atoms with Crippen molar-refractivity contribution < 1.29 is 0 Å². The highest BCUT2D eigenvalue weighted by molar-refractivity contribution is 5.54. The average Bonchev–Trinajstić information content (AvgIpc) is 3.26. The molecule has 4 rings (SSSR count). The molecule has 0 saturated heterocycles. The van der Waals surface area contributed by atoms with Crippen molar-refractivity contribution in [2.24, 2.45) is 0 Å². The highest BCUT2D eigenvalue weighted by Gasteiger charge is 2.13. The van der Waals surface area contributed by atoms with Gasteiger partial charge in [-0.25, -0.2) is 9.67 Å². The molecule has 6 nitrogen and oxygen atoms in total. The maximum atomic E-state index is 4.51. The van der Waals surface area contributed by atoms with Crippen LogP contribution in [0.25, 0.3) is 17.2 Å². The van der Waals surface area contributed by atoms with Gasteiger partial charge in [0.2, 0.25) is 0 Å². The SMILES string of the molecule is Cc1cnc(Cn2ccnc2-c2ccnn2-c2ccccc2)cn1. The first-order valence-electron chi connectivity index (χ1n) is 7.70. The van der Waals surface area contributed by atoms with Crippen molar-refractivity contribution in [3.8, 4) is 17.2 Å². The first kappa shape index (κ1) is 14.3. The number of rotatable bonds is 4. The zero-order valence-corrected chi connectivity index (χ0v) is 13.2. The fourth-order valence-electron chi connectivity index (χ4n) is 2.59. The molecule has 0 aliphatic rings. The van der Waals surface area contributed by atoms with Crippen molar-refractivity contribution >= 4 is 0 Å². The van der Waals surface area contributed by atoms with E-state index in [0.717, 1.165) is 28.6 Å². The van der Waals surface area contributed by atoms with Crippen LogP contribution in [-0.4, -0.2) is 29.3 Å². The van der Waals surface area contributed by atoms with Crippen LogP contribution < -0.4 is 0 Å². The first-order valence-corrected chi connectivity index (χ1v) is 7.70. The van der Waals surface area contributed by atoms with Crippen molar-refractivity contribution in [1.29, 1.82) is 0 Å². The summed E-state index contributed by atoms with van der Waals surface area (Å²) >= 11 is 0. The summed E-state index contributed by atoms with van der Waals surface area (Å²) in [5.41, 5.74) is 3.74. The Labute approximate surface area is 139 Å². The summed E-state index contributed by atoms with van der Waals surface area (Å²) in [6, 6.07) is 12.0. The smallest absolute Gasteiger partial charge is 0.159 e. The fraction of sp³-hybridized carbons (Fsp3) is 0.111. The molecule has 0 unspecified atom stereocenters. The van der Waals surface area contributed by atoms with Crippen molar-refractivity contribution in [3.05, 3.63) is 78.8 Å². The predicted octanol–water partition coefficient (Wildman–Crippen LogP) is 2.88. The Hall–Kier alpha value is -3.28. The Balaban J connectivity index is 1.71. The van der Waals surface area contributed by atoms with Gasteiger partial charge in [-0.15, -0.1) is 0 Å². The van der Waals surface area contributed by atoms with Crippen molar-refractivity contribution in [2.75, 3.05) is 0 Å². The van der Waals surface area contributed by atoms with Gasteiger partial charge in [-0.05, 0) is 25.1 Å². The van der Waals surface area contributed by atoms with E-state index in [0.29, 0.717) is 6.54 Å². The minimum atomic E-state index is 0.614. The Kier molecular flexibility index (Phi) is 3.63. The number of nitrogens with zero attached hydrogens (tertiary/aromatic N) is 6. The number of hydrogen-bond acceptors (Lipinski definition) is 4. The Morgan fingerprint density at radius 1 is 0.917 bits per heavy atom. The van der Waals surface area contributed by atoms with Crippen LogP contribution in [0.5, 0.6) is 0 Å². The lowest BCUT2D eigenvalue weighted by atomic mass is 10.3. The highest BCUT2D eigenvalue weighted by atomic mass is 15.3. The van der Waals surface area contributed by atoms with Crippen LogP contribution in [0.2, 0.25) is 0 Å². The van der Waals surface area contributed by atoms with Crippen LogP contribution in [0.3, 0.4) is 0 Å². The van der Waals surface area contributed by atoms with E-state index in [1.165, 1.54) is 0 Å². The summed E-state index contributed by atoms with van der Waals surface area (Å²) in [6.45, 7) is 2.54. The van der Waals surface area contributed by atoms with Gasteiger partial charge in [-0.2, -0.15) is 5.10 Å². The Morgan fingerprint density at radius 2 is 1.79 bits per heavy atom. The quantitative estimate of drug-likeness (QED) is 0.581. The fourth-order valence-corrected chi connectivity index (χ4v) is 2.59. The van der Waals surface area contributed by atoms with Crippen LogP contribution >= 0.6 is 0 Å². The topological polar surface area (TPSA) is 61.4 Å².